The van der Waals surface area contributed by atoms with E-state index in [0.717, 1.165) is 16.7 Å². The van der Waals surface area contributed by atoms with Gasteiger partial charge in [0.05, 0.1) is 5.41 Å². The Labute approximate surface area is 220 Å². The molecule has 0 amide bonds. The Morgan fingerprint density at radius 2 is 0.778 bits per heavy atom. The summed E-state index contributed by atoms with van der Waals surface area (Å²) < 4.78 is 0. The lowest BCUT2D eigenvalue weighted by atomic mass is 9.72. The van der Waals surface area contributed by atoms with Crippen LogP contribution in [0, 0.1) is 63.6 Å². The highest BCUT2D eigenvalue weighted by atomic mass is 14.3. The first kappa shape index (κ1) is 27.3. The lowest BCUT2D eigenvalue weighted by Gasteiger charge is -2.30. The zero-order chi connectivity index (χ0) is 27.1. The van der Waals surface area contributed by atoms with Gasteiger partial charge in [-0.2, -0.15) is 0 Å². The van der Waals surface area contributed by atoms with Crippen molar-refractivity contribution in [3.05, 3.63) is 46.5 Å². The smallest absolute Gasteiger partial charge is 0.0519 e. The molecule has 1 aliphatic carbocycles. The minimum atomic E-state index is -0.297. The van der Waals surface area contributed by atoms with Crippen LogP contribution >= 0.6 is 0 Å². The topological polar surface area (TPSA) is 0 Å². The maximum atomic E-state index is 3.49. The van der Waals surface area contributed by atoms with Gasteiger partial charge in [0.25, 0.3) is 0 Å². The van der Waals surface area contributed by atoms with E-state index in [0.29, 0.717) is 0 Å². The van der Waals surface area contributed by atoms with Crippen molar-refractivity contribution in [1.29, 1.82) is 0 Å². The van der Waals surface area contributed by atoms with Crippen LogP contribution in [0.3, 0.4) is 0 Å². The van der Waals surface area contributed by atoms with E-state index in [2.05, 4.69) is 148 Å². The third-order valence-electron chi connectivity index (χ3n) is 5.72. The van der Waals surface area contributed by atoms with Crippen LogP contribution in [0.4, 0.5) is 0 Å². The average molecular weight is 473 g/mol. The third kappa shape index (κ3) is 6.46. The van der Waals surface area contributed by atoms with Gasteiger partial charge in [-0.25, -0.2) is 0 Å². The van der Waals surface area contributed by atoms with E-state index in [9.17, 15) is 0 Å². The lowest BCUT2D eigenvalue weighted by molar-refractivity contribution is 0.570. The minimum Gasteiger partial charge on any atom is -0.106 e. The Balaban J connectivity index is 2.28. The van der Waals surface area contributed by atoms with E-state index in [4.69, 9.17) is 0 Å². The SMILES string of the molecule is CC#CC(C)(C)c1cc2c(cc1C#CC(C)(C)C)-c1cc(C#CC(C)(C)C)c(C#CC(C)(C)C)cc1-2. The molecule has 0 aromatic heterocycles. The number of fused-ring (bicyclic) bond motifs is 4. The van der Waals surface area contributed by atoms with Crippen molar-refractivity contribution < 1.29 is 0 Å². The van der Waals surface area contributed by atoms with E-state index in [1.54, 1.807) is 0 Å². The van der Waals surface area contributed by atoms with E-state index >= 15 is 0 Å². The number of rotatable bonds is 1. The molecule has 0 saturated heterocycles. The van der Waals surface area contributed by atoms with Crippen LogP contribution < -0.4 is 0 Å². The van der Waals surface area contributed by atoms with Gasteiger partial charge in [0, 0.05) is 32.9 Å². The minimum absolute atomic E-state index is 0.0744. The zero-order valence-corrected chi connectivity index (χ0v) is 24.3. The van der Waals surface area contributed by atoms with Gasteiger partial charge < -0.3 is 0 Å². The molecule has 0 heterocycles. The molecule has 0 heteroatoms. The molecule has 2 aromatic rings. The molecular formula is C36H40. The van der Waals surface area contributed by atoms with Gasteiger partial charge in [-0.05, 0) is 135 Å². The molecule has 0 fully saturated rings. The summed E-state index contributed by atoms with van der Waals surface area (Å²) in [5, 5.41) is 0. The summed E-state index contributed by atoms with van der Waals surface area (Å²) in [6.07, 6.45) is 0. The van der Waals surface area contributed by atoms with Crippen molar-refractivity contribution in [1.82, 2.24) is 0 Å². The van der Waals surface area contributed by atoms with Crippen molar-refractivity contribution in [2.75, 3.05) is 0 Å². The monoisotopic (exact) mass is 472 g/mol. The Morgan fingerprint density at radius 3 is 1.14 bits per heavy atom. The molecule has 0 radical (unpaired) electrons. The highest BCUT2D eigenvalue weighted by Crippen LogP contribution is 2.50. The molecule has 184 valence electrons. The fourth-order valence-electron chi connectivity index (χ4n) is 4.00. The zero-order valence-electron chi connectivity index (χ0n) is 24.3. The summed E-state index contributed by atoms with van der Waals surface area (Å²) in [6, 6.07) is 9.01. The Morgan fingerprint density at radius 1 is 0.444 bits per heavy atom. The Bertz CT molecular complexity index is 1450. The van der Waals surface area contributed by atoms with Crippen LogP contribution in [0.1, 0.15) is 105 Å². The first-order valence-electron chi connectivity index (χ1n) is 12.8. The summed E-state index contributed by atoms with van der Waals surface area (Å²) in [7, 11) is 0. The second-order valence-corrected chi connectivity index (χ2v) is 13.4. The van der Waals surface area contributed by atoms with E-state index in [1.807, 2.05) is 6.92 Å². The van der Waals surface area contributed by atoms with Gasteiger partial charge in [-0.3, -0.25) is 0 Å². The normalized spacial score (nSPS) is 12.1. The van der Waals surface area contributed by atoms with Crippen molar-refractivity contribution in [2.24, 2.45) is 16.2 Å². The van der Waals surface area contributed by atoms with E-state index in [1.165, 1.54) is 27.8 Å². The molecule has 0 N–H and O–H groups in total. The summed E-state index contributed by atoms with van der Waals surface area (Å²) in [5.41, 5.74) is 8.66. The number of hydrogen-bond donors (Lipinski definition) is 0. The summed E-state index contributed by atoms with van der Waals surface area (Å²) >= 11 is 0. The first-order valence-corrected chi connectivity index (χ1v) is 12.8. The van der Waals surface area contributed by atoms with Gasteiger partial charge in [0.1, 0.15) is 0 Å². The predicted molar refractivity (Wildman–Crippen MR) is 156 cm³/mol. The van der Waals surface area contributed by atoms with Crippen molar-refractivity contribution in [3.8, 4) is 69.6 Å². The molecule has 0 atom stereocenters. The molecule has 0 spiro atoms. The number of benzene rings is 2. The van der Waals surface area contributed by atoms with E-state index in [-0.39, 0.29) is 21.7 Å². The highest BCUT2D eigenvalue weighted by molar-refractivity contribution is 6.04. The van der Waals surface area contributed by atoms with Crippen molar-refractivity contribution in [2.45, 2.75) is 88.5 Å². The largest absolute Gasteiger partial charge is 0.106 e. The fraction of sp³-hybridized carbons (Fsp3) is 0.444. The van der Waals surface area contributed by atoms with Crippen LogP contribution in [0.5, 0.6) is 0 Å². The van der Waals surface area contributed by atoms with Crippen molar-refractivity contribution >= 4 is 0 Å². The Hall–Kier alpha value is -3.32. The van der Waals surface area contributed by atoms with Gasteiger partial charge >= 0.3 is 0 Å². The first-order chi connectivity index (χ1) is 16.4. The van der Waals surface area contributed by atoms with Crippen LogP contribution in [0.25, 0.3) is 22.3 Å². The molecule has 36 heavy (non-hydrogen) atoms. The van der Waals surface area contributed by atoms with Crippen LogP contribution in [0.2, 0.25) is 0 Å². The van der Waals surface area contributed by atoms with Gasteiger partial charge in [0.15, 0.2) is 0 Å². The van der Waals surface area contributed by atoms with Gasteiger partial charge in [-0.1, -0.05) is 41.4 Å². The summed E-state index contributed by atoms with van der Waals surface area (Å²) in [4.78, 5) is 0. The fourth-order valence-corrected chi connectivity index (χ4v) is 4.00. The third-order valence-corrected chi connectivity index (χ3v) is 5.72. The average Bonchev–Trinajstić information content (AvgIpc) is 2.71. The Kier molecular flexibility index (Phi) is 7.03. The summed E-state index contributed by atoms with van der Waals surface area (Å²) in [6.45, 7) is 25.5. The molecule has 0 saturated carbocycles. The van der Waals surface area contributed by atoms with Crippen LogP contribution in [-0.4, -0.2) is 0 Å². The quantitative estimate of drug-likeness (QED) is 0.310. The molecule has 0 nitrogen and oxygen atoms in total. The molecule has 0 unspecified atom stereocenters. The maximum Gasteiger partial charge on any atom is 0.0519 e. The van der Waals surface area contributed by atoms with E-state index < -0.39 is 0 Å². The van der Waals surface area contributed by atoms with Gasteiger partial charge in [-0.15, -0.1) is 5.92 Å². The van der Waals surface area contributed by atoms with Crippen molar-refractivity contribution in [3.63, 3.8) is 0 Å². The molecule has 2 aromatic carbocycles. The standard InChI is InChI=1S/C36H40/c1-13-17-36(11,12)32-24-31-29-22-26(15-19-34(5,6)7)25(14-18-33(2,3)4)21-28(29)30(31)23-27(32)16-20-35(8,9)10/h21-24H,1-12H3. The molecule has 0 aliphatic heterocycles. The van der Waals surface area contributed by atoms with Crippen LogP contribution in [-0.2, 0) is 5.41 Å². The second-order valence-electron chi connectivity index (χ2n) is 13.4. The molecule has 1 aliphatic rings. The van der Waals surface area contributed by atoms with Crippen LogP contribution in [0.15, 0.2) is 24.3 Å². The lowest BCUT2D eigenvalue weighted by Crippen LogP contribution is -2.18. The maximum absolute atomic E-state index is 3.49. The molecular weight excluding hydrogens is 432 g/mol. The van der Waals surface area contributed by atoms with Gasteiger partial charge in [0.2, 0.25) is 0 Å². The second kappa shape index (κ2) is 9.28. The molecule has 3 rings (SSSR count). The predicted octanol–water partition coefficient (Wildman–Crippen LogP) is 8.83. The number of hydrogen-bond acceptors (Lipinski definition) is 0. The summed E-state index contributed by atoms with van der Waals surface area (Å²) in [5.74, 6) is 27.1. The highest BCUT2D eigenvalue weighted by Gasteiger charge is 2.30. The molecule has 0 bridgehead atoms.